The number of aromatic nitrogens is 2. The molecule has 0 aliphatic carbocycles. The molecule has 0 bridgehead atoms. The Morgan fingerprint density at radius 2 is 1.67 bits per heavy atom. The molecule has 220 valence electrons. The lowest BCUT2D eigenvalue weighted by Gasteiger charge is -2.18. The number of carbonyl (C=O) groups excluding carboxylic acids is 1. The van der Waals surface area contributed by atoms with E-state index in [1.807, 2.05) is 78.9 Å². The Labute approximate surface area is 257 Å². The van der Waals surface area contributed by atoms with Gasteiger partial charge in [0.25, 0.3) is 5.91 Å². The van der Waals surface area contributed by atoms with Gasteiger partial charge in [-0.15, -0.1) is 0 Å². The van der Waals surface area contributed by atoms with Crippen LogP contribution >= 0.6 is 12.6 Å². The largest absolute Gasteiger partial charge is 0.496 e. The van der Waals surface area contributed by atoms with Crippen molar-refractivity contribution in [3.63, 3.8) is 0 Å². The SMILES string of the molecule is CCCc1nc2cc(C(=O)N[C@@H](CS)Cc3ccccc3)c(OC)cc2n1Cc1ccc(-c2ccccc2C(=O)O)cc1. The van der Waals surface area contributed by atoms with Crippen molar-refractivity contribution >= 4 is 35.5 Å². The fourth-order valence-corrected chi connectivity index (χ4v) is 5.58. The van der Waals surface area contributed by atoms with Crippen LogP contribution in [0.5, 0.6) is 5.75 Å². The van der Waals surface area contributed by atoms with Gasteiger partial charge in [-0.2, -0.15) is 12.6 Å². The van der Waals surface area contributed by atoms with Crippen molar-refractivity contribution in [1.82, 2.24) is 14.9 Å². The van der Waals surface area contributed by atoms with Crippen molar-refractivity contribution < 1.29 is 19.4 Å². The molecule has 0 radical (unpaired) electrons. The molecule has 2 N–H and O–H groups in total. The van der Waals surface area contributed by atoms with E-state index in [1.54, 1.807) is 19.2 Å². The molecule has 8 heteroatoms. The minimum Gasteiger partial charge on any atom is -0.496 e. The number of nitrogens with one attached hydrogen (secondary N) is 1. The first-order chi connectivity index (χ1) is 20.9. The molecule has 0 fully saturated rings. The van der Waals surface area contributed by atoms with E-state index in [0.29, 0.717) is 35.6 Å². The maximum atomic E-state index is 13.5. The predicted molar refractivity (Wildman–Crippen MR) is 173 cm³/mol. The highest BCUT2D eigenvalue weighted by atomic mass is 32.1. The number of aromatic carboxylic acids is 1. The lowest BCUT2D eigenvalue weighted by atomic mass is 9.99. The summed E-state index contributed by atoms with van der Waals surface area (Å²) in [4.78, 5) is 30.1. The summed E-state index contributed by atoms with van der Waals surface area (Å²) in [5, 5.41) is 12.7. The number of nitrogens with zero attached hydrogens (tertiary/aromatic N) is 2. The van der Waals surface area contributed by atoms with Gasteiger partial charge in [-0.05, 0) is 47.2 Å². The highest BCUT2D eigenvalue weighted by Crippen LogP contribution is 2.29. The molecule has 5 rings (SSSR count). The van der Waals surface area contributed by atoms with Gasteiger partial charge in [0, 0.05) is 30.8 Å². The molecule has 1 amide bonds. The van der Waals surface area contributed by atoms with Gasteiger partial charge in [0.1, 0.15) is 11.6 Å². The van der Waals surface area contributed by atoms with Crippen LogP contribution in [0.1, 0.15) is 51.0 Å². The second-order valence-corrected chi connectivity index (χ2v) is 10.9. The van der Waals surface area contributed by atoms with Crippen molar-refractivity contribution in [3.05, 3.63) is 119 Å². The summed E-state index contributed by atoms with van der Waals surface area (Å²) in [6, 6.07) is 28.5. The van der Waals surface area contributed by atoms with Crippen molar-refractivity contribution in [3.8, 4) is 16.9 Å². The summed E-state index contributed by atoms with van der Waals surface area (Å²) in [7, 11) is 1.57. The molecule has 4 aromatic carbocycles. The molecular formula is C35H35N3O4S. The molecule has 0 saturated carbocycles. The quantitative estimate of drug-likeness (QED) is 0.140. The molecule has 5 aromatic rings. The minimum atomic E-state index is -0.951. The summed E-state index contributed by atoms with van der Waals surface area (Å²) >= 11 is 4.48. The zero-order valence-corrected chi connectivity index (χ0v) is 25.2. The maximum Gasteiger partial charge on any atom is 0.336 e. The number of benzene rings is 4. The number of imidazole rings is 1. The zero-order valence-electron chi connectivity index (χ0n) is 24.3. The van der Waals surface area contributed by atoms with E-state index in [2.05, 4.69) is 29.4 Å². The standard InChI is InChI=1S/C35H35N3O4S/c1-3-9-33-37-30-19-29(34(39)36-26(22-43)18-23-10-5-4-6-11-23)32(42-2)20-31(30)38(33)21-24-14-16-25(17-15-24)27-12-7-8-13-28(27)35(40)41/h4-8,10-17,19-20,26,43H,3,9,18,21-22H2,1-2H3,(H,36,39)(H,40,41)/t26-/m1/s1. The van der Waals surface area contributed by atoms with Gasteiger partial charge in [0.2, 0.25) is 0 Å². The van der Waals surface area contributed by atoms with E-state index < -0.39 is 5.97 Å². The number of thiol groups is 1. The third-order valence-electron chi connectivity index (χ3n) is 7.51. The number of hydrogen-bond donors (Lipinski definition) is 3. The van der Waals surface area contributed by atoms with Gasteiger partial charge >= 0.3 is 5.97 Å². The van der Waals surface area contributed by atoms with Crippen molar-refractivity contribution in [1.29, 1.82) is 0 Å². The molecule has 1 atom stereocenters. The number of carboxylic acids is 1. The third-order valence-corrected chi connectivity index (χ3v) is 7.95. The third kappa shape index (κ3) is 6.75. The van der Waals surface area contributed by atoms with E-state index >= 15 is 0 Å². The second-order valence-electron chi connectivity index (χ2n) is 10.5. The van der Waals surface area contributed by atoms with Crippen LogP contribution in [0.15, 0.2) is 91.0 Å². The van der Waals surface area contributed by atoms with Crippen molar-refractivity contribution in [2.75, 3.05) is 12.9 Å². The summed E-state index contributed by atoms with van der Waals surface area (Å²) in [5.41, 5.74) is 6.02. The Kier molecular flexibility index (Phi) is 9.47. The summed E-state index contributed by atoms with van der Waals surface area (Å²) in [5.74, 6) is 0.731. The highest BCUT2D eigenvalue weighted by Gasteiger charge is 2.21. The van der Waals surface area contributed by atoms with Gasteiger partial charge in [-0.1, -0.05) is 79.7 Å². The fraction of sp³-hybridized carbons (Fsp3) is 0.229. The van der Waals surface area contributed by atoms with E-state index in [9.17, 15) is 14.7 Å². The van der Waals surface area contributed by atoms with E-state index in [1.165, 1.54) is 0 Å². The fourth-order valence-electron chi connectivity index (χ4n) is 5.36. The monoisotopic (exact) mass is 593 g/mol. The number of aryl methyl sites for hydroxylation is 1. The van der Waals surface area contributed by atoms with E-state index in [4.69, 9.17) is 9.72 Å². The molecule has 0 saturated heterocycles. The summed E-state index contributed by atoms with van der Waals surface area (Å²) < 4.78 is 7.87. The van der Waals surface area contributed by atoms with Crippen LogP contribution in [-0.4, -0.2) is 45.4 Å². The van der Waals surface area contributed by atoms with Crippen LogP contribution in [0.4, 0.5) is 0 Å². The number of rotatable bonds is 12. The number of methoxy groups -OCH3 is 1. The Morgan fingerprint density at radius 1 is 0.953 bits per heavy atom. The van der Waals surface area contributed by atoms with Gasteiger partial charge < -0.3 is 19.7 Å². The summed E-state index contributed by atoms with van der Waals surface area (Å²) in [6.45, 7) is 2.68. The maximum absolute atomic E-state index is 13.5. The number of hydrogen-bond acceptors (Lipinski definition) is 5. The number of fused-ring (bicyclic) bond motifs is 1. The molecule has 0 unspecified atom stereocenters. The molecule has 43 heavy (non-hydrogen) atoms. The molecular weight excluding hydrogens is 558 g/mol. The number of amides is 1. The van der Waals surface area contributed by atoms with Crippen LogP contribution in [-0.2, 0) is 19.4 Å². The topological polar surface area (TPSA) is 93.5 Å². The zero-order chi connectivity index (χ0) is 30.3. The van der Waals surface area contributed by atoms with Crippen LogP contribution in [0.2, 0.25) is 0 Å². The Hall–Kier alpha value is -4.56. The molecule has 1 heterocycles. The minimum absolute atomic E-state index is 0.141. The number of carbonyl (C=O) groups is 2. The first-order valence-electron chi connectivity index (χ1n) is 14.4. The number of carboxylic acid groups (broad SMARTS) is 1. The van der Waals surface area contributed by atoms with Gasteiger partial charge in [-0.25, -0.2) is 9.78 Å². The van der Waals surface area contributed by atoms with Crippen molar-refractivity contribution in [2.24, 2.45) is 0 Å². The Balaban J connectivity index is 1.43. The van der Waals surface area contributed by atoms with Crippen LogP contribution in [0.3, 0.4) is 0 Å². The van der Waals surface area contributed by atoms with E-state index in [0.717, 1.165) is 46.4 Å². The van der Waals surface area contributed by atoms with Crippen molar-refractivity contribution in [2.45, 2.75) is 38.8 Å². The Morgan fingerprint density at radius 3 is 2.35 bits per heavy atom. The van der Waals surface area contributed by atoms with Gasteiger partial charge in [-0.3, -0.25) is 4.79 Å². The molecule has 7 nitrogen and oxygen atoms in total. The second kappa shape index (κ2) is 13.6. The van der Waals surface area contributed by atoms with Crippen LogP contribution in [0, 0.1) is 0 Å². The number of ether oxygens (including phenoxy) is 1. The highest BCUT2D eigenvalue weighted by molar-refractivity contribution is 7.80. The normalized spacial score (nSPS) is 11.8. The molecule has 0 spiro atoms. The van der Waals surface area contributed by atoms with Crippen LogP contribution < -0.4 is 10.1 Å². The molecule has 0 aliphatic rings. The summed E-state index contributed by atoms with van der Waals surface area (Å²) in [6.07, 6.45) is 2.37. The average Bonchev–Trinajstić information content (AvgIpc) is 3.36. The van der Waals surface area contributed by atoms with Crippen LogP contribution in [0.25, 0.3) is 22.2 Å². The lowest BCUT2D eigenvalue weighted by molar-refractivity contribution is 0.0697. The Bertz CT molecular complexity index is 1730. The first-order valence-corrected chi connectivity index (χ1v) is 15.0. The first kappa shape index (κ1) is 29.9. The van der Waals surface area contributed by atoms with Gasteiger partial charge in [0.05, 0.1) is 29.3 Å². The molecule has 0 aliphatic heterocycles. The lowest BCUT2D eigenvalue weighted by Crippen LogP contribution is -2.38. The average molecular weight is 594 g/mol. The van der Waals surface area contributed by atoms with Gasteiger partial charge in [0.15, 0.2) is 0 Å². The predicted octanol–water partition coefficient (Wildman–Crippen LogP) is 6.68. The van der Waals surface area contributed by atoms with E-state index in [-0.39, 0.29) is 17.5 Å². The molecule has 1 aromatic heterocycles. The smallest absolute Gasteiger partial charge is 0.336 e.